The highest BCUT2D eigenvalue weighted by atomic mass is 16.2. The first-order valence-corrected chi connectivity index (χ1v) is 7.87. The summed E-state index contributed by atoms with van der Waals surface area (Å²) in [7, 11) is 0. The summed E-state index contributed by atoms with van der Waals surface area (Å²) in [6.45, 7) is 4.04. The van der Waals surface area contributed by atoms with E-state index in [1.165, 1.54) is 10.5 Å². The van der Waals surface area contributed by atoms with Gasteiger partial charge in [0.15, 0.2) is 0 Å². The zero-order chi connectivity index (χ0) is 16.4. The van der Waals surface area contributed by atoms with E-state index in [0.29, 0.717) is 5.69 Å². The van der Waals surface area contributed by atoms with Crippen molar-refractivity contribution in [1.82, 2.24) is 0 Å². The van der Waals surface area contributed by atoms with Gasteiger partial charge >= 0.3 is 0 Å². The first kappa shape index (κ1) is 15.3. The molecule has 0 spiro atoms. The molecular weight excluding hydrogens is 288 g/mol. The lowest BCUT2D eigenvalue weighted by Gasteiger charge is -2.16. The van der Waals surface area contributed by atoms with E-state index in [1.807, 2.05) is 49.4 Å². The van der Waals surface area contributed by atoms with Gasteiger partial charge in [-0.15, -0.1) is 0 Å². The van der Waals surface area contributed by atoms with Crippen molar-refractivity contribution in [1.29, 1.82) is 0 Å². The number of nitrogens with zero attached hydrogens (tertiary/aromatic N) is 1. The van der Waals surface area contributed by atoms with Crippen LogP contribution in [0.15, 0.2) is 48.5 Å². The maximum absolute atomic E-state index is 12.6. The molecule has 2 amide bonds. The Hall–Kier alpha value is -2.62. The SMILES string of the molecule is CCc1ccc(N[C@H]2CC(=O)N(c3cccc(C)c3)C2=O)cc1. The van der Waals surface area contributed by atoms with Crippen LogP contribution in [0.25, 0.3) is 0 Å². The van der Waals surface area contributed by atoms with Gasteiger partial charge in [-0.25, -0.2) is 4.90 Å². The van der Waals surface area contributed by atoms with Crippen LogP contribution < -0.4 is 10.2 Å². The number of hydrogen-bond donors (Lipinski definition) is 1. The minimum absolute atomic E-state index is 0.164. The average Bonchev–Trinajstić information content (AvgIpc) is 2.82. The highest BCUT2D eigenvalue weighted by molar-refractivity contribution is 6.23. The van der Waals surface area contributed by atoms with Crippen LogP contribution in [0, 0.1) is 6.92 Å². The van der Waals surface area contributed by atoms with Gasteiger partial charge in [0.1, 0.15) is 6.04 Å². The molecule has 2 aromatic carbocycles. The first-order chi connectivity index (χ1) is 11.1. The fourth-order valence-corrected chi connectivity index (χ4v) is 2.82. The normalized spacial score (nSPS) is 17.7. The minimum Gasteiger partial charge on any atom is -0.373 e. The molecule has 1 heterocycles. The van der Waals surface area contributed by atoms with Crippen LogP contribution in [0.3, 0.4) is 0 Å². The average molecular weight is 308 g/mol. The molecule has 4 nitrogen and oxygen atoms in total. The van der Waals surface area contributed by atoms with Gasteiger partial charge in [-0.2, -0.15) is 0 Å². The monoisotopic (exact) mass is 308 g/mol. The molecule has 0 aliphatic carbocycles. The molecule has 1 atom stereocenters. The first-order valence-electron chi connectivity index (χ1n) is 7.87. The van der Waals surface area contributed by atoms with Crippen LogP contribution in [0.4, 0.5) is 11.4 Å². The van der Waals surface area contributed by atoms with Crippen molar-refractivity contribution in [2.75, 3.05) is 10.2 Å². The Labute approximate surface area is 136 Å². The van der Waals surface area contributed by atoms with Crippen LogP contribution >= 0.6 is 0 Å². The fourth-order valence-electron chi connectivity index (χ4n) is 2.82. The number of hydrogen-bond acceptors (Lipinski definition) is 3. The summed E-state index contributed by atoms with van der Waals surface area (Å²) in [5.74, 6) is -0.358. The number of nitrogens with one attached hydrogen (secondary N) is 1. The van der Waals surface area contributed by atoms with Gasteiger partial charge in [-0.1, -0.05) is 31.2 Å². The lowest BCUT2D eigenvalue weighted by Crippen LogP contribution is -2.34. The highest BCUT2D eigenvalue weighted by Crippen LogP contribution is 2.25. The molecule has 1 aliphatic rings. The van der Waals surface area contributed by atoms with Crippen LogP contribution in [-0.2, 0) is 16.0 Å². The molecule has 1 N–H and O–H groups in total. The Kier molecular flexibility index (Phi) is 4.15. The van der Waals surface area contributed by atoms with Gasteiger partial charge in [0.2, 0.25) is 5.91 Å². The van der Waals surface area contributed by atoms with E-state index in [9.17, 15) is 9.59 Å². The molecule has 0 unspecified atom stereocenters. The molecule has 0 saturated carbocycles. The number of benzene rings is 2. The van der Waals surface area contributed by atoms with Gasteiger partial charge in [-0.05, 0) is 48.7 Å². The summed E-state index contributed by atoms with van der Waals surface area (Å²) in [4.78, 5) is 26.1. The maximum Gasteiger partial charge on any atom is 0.256 e. The van der Waals surface area contributed by atoms with Gasteiger partial charge in [0, 0.05) is 5.69 Å². The molecule has 1 fully saturated rings. The van der Waals surface area contributed by atoms with Crippen LogP contribution in [0.2, 0.25) is 0 Å². The zero-order valence-corrected chi connectivity index (χ0v) is 13.4. The van der Waals surface area contributed by atoms with Crippen molar-refractivity contribution in [2.24, 2.45) is 0 Å². The van der Waals surface area contributed by atoms with Gasteiger partial charge in [0.05, 0.1) is 12.1 Å². The Bertz CT molecular complexity index is 737. The second kappa shape index (κ2) is 6.24. The molecule has 1 saturated heterocycles. The predicted octanol–water partition coefficient (Wildman–Crippen LogP) is 3.30. The van der Waals surface area contributed by atoms with Crippen molar-refractivity contribution < 1.29 is 9.59 Å². The van der Waals surface area contributed by atoms with Gasteiger partial charge in [-0.3, -0.25) is 9.59 Å². The number of aryl methyl sites for hydroxylation is 2. The Morgan fingerprint density at radius 3 is 2.52 bits per heavy atom. The Balaban J connectivity index is 1.78. The second-order valence-corrected chi connectivity index (χ2v) is 5.86. The highest BCUT2D eigenvalue weighted by Gasteiger charge is 2.39. The van der Waals surface area contributed by atoms with Crippen LogP contribution in [0.1, 0.15) is 24.5 Å². The fraction of sp³-hybridized carbons (Fsp3) is 0.263. The van der Waals surface area contributed by atoms with Crippen molar-refractivity contribution in [2.45, 2.75) is 32.7 Å². The Morgan fingerprint density at radius 1 is 1.13 bits per heavy atom. The summed E-state index contributed by atoms with van der Waals surface area (Å²) in [5, 5.41) is 3.17. The third kappa shape index (κ3) is 3.11. The van der Waals surface area contributed by atoms with E-state index in [1.54, 1.807) is 6.07 Å². The predicted molar refractivity (Wildman–Crippen MR) is 91.5 cm³/mol. The van der Waals surface area contributed by atoms with Crippen molar-refractivity contribution in [3.63, 3.8) is 0 Å². The number of carbonyl (C=O) groups excluding carboxylic acids is 2. The van der Waals surface area contributed by atoms with Crippen molar-refractivity contribution in [3.05, 3.63) is 59.7 Å². The van der Waals surface area contributed by atoms with Crippen LogP contribution in [0.5, 0.6) is 0 Å². The van der Waals surface area contributed by atoms with E-state index in [0.717, 1.165) is 17.7 Å². The summed E-state index contributed by atoms with van der Waals surface area (Å²) >= 11 is 0. The van der Waals surface area contributed by atoms with Crippen LogP contribution in [-0.4, -0.2) is 17.9 Å². The molecule has 1 aliphatic heterocycles. The van der Waals surface area contributed by atoms with E-state index < -0.39 is 6.04 Å². The third-order valence-electron chi connectivity index (χ3n) is 4.11. The van der Waals surface area contributed by atoms with E-state index >= 15 is 0 Å². The summed E-state index contributed by atoms with van der Waals surface area (Å²) in [5.41, 5.74) is 3.77. The standard InChI is InChI=1S/C19H20N2O2/c1-3-14-7-9-15(10-8-14)20-17-12-18(22)21(19(17)23)16-6-4-5-13(2)11-16/h4-11,17,20H,3,12H2,1-2H3/t17-/m0/s1. The maximum atomic E-state index is 12.6. The topological polar surface area (TPSA) is 49.4 Å². The van der Waals surface area contributed by atoms with Gasteiger partial charge in [0.25, 0.3) is 5.91 Å². The lowest BCUT2D eigenvalue weighted by molar-refractivity contribution is -0.121. The number of imide groups is 1. The summed E-state index contributed by atoms with van der Waals surface area (Å²) in [6.07, 6.45) is 1.16. The number of rotatable bonds is 4. The Morgan fingerprint density at radius 2 is 1.87 bits per heavy atom. The van der Waals surface area contributed by atoms with E-state index in [2.05, 4.69) is 12.2 Å². The van der Waals surface area contributed by atoms with E-state index in [-0.39, 0.29) is 18.2 Å². The van der Waals surface area contributed by atoms with Gasteiger partial charge < -0.3 is 5.32 Å². The molecule has 118 valence electrons. The number of amides is 2. The smallest absolute Gasteiger partial charge is 0.256 e. The quantitative estimate of drug-likeness (QED) is 0.882. The lowest BCUT2D eigenvalue weighted by atomic mass is 10.1. The van der Waals surface area contributed by atoms with Crippen molar-refractivity contribution in [3.8, 4) is 0 Å². The summed E-state index contributed by atoms with van der Waals surface area (Å²) < 4.78 is 0. The molecule has 0 radical (unpaired) electrons. The second-order valence-electron chi connectivity index (χ2n) is 5.86. The molecule has 0 aromatic heterocycles. The third-order valence-corrected chi connectivity index (χ3v) is 4.11. The molecule has 23 heavy (non-hydrogen) atoms. The largest absolute Gasteiger partial charge is 0.373 e. The summed E-state index contributed by atoms with van der Waals surface area (Å²) in [6, 6.07) is 14.9. The number of carbonyl (C=O) groups is 2. The molecule has 0 bridgehead atoms. The van der Waals surface area contributed by atoms with Crippen molar-refractivity contribution >= 4 is 23.2 Å². The molecule has 2 aromatic rings. The molecule has 3 rings (SSSR count). The zero-order valence-electron chi connectivity index (χ0n) is 13.4. The minimum atomic E-state index is -0.504. The van der Waals surface area contributed by atoms with E-state index in [4.69, 9.17) is 0 Å². The number of anilines is 2. The molecular formula is C19H20N2O2. The molecule has 4 heteroatoms.